The van der Waals surface area contributed by atoms with Gasteiger partial charge in [0.05, 0.1) is 18.5 Å². The molecule has 6 nitrogen and oxygen atoms in total. The number of amides is 1. The maximum atomic E-state index is 12.6. The minimum absolute atomic E-state index is 0.00349. The standard InChI is InChI=1S/C21H22N2O4/c1-23(2)16(14-8-4-6-10-18(14)26-3)13-22-21(25)20-12-17(24)15-9-5-7-11-19(15)27-20/h4-12,16H,13H2,1-3H3,(H,22,25)/t16-/m1/s1. The van der Waals surface area contributed by atoms with Crippen LogP contribution in [0, 0.1) is 0 Å². The molecule has 0 saturated carbocycles. The van der Waals surface area contributed by atoms with Crippen molar-refractivity contribution < 1.29 is 13.9 Å². The van der Waals surface area contributed by atoms with Crippen LogP contribution < -0.4 is 15.5 Å². The molecule has 0 bridgehead atoms. The topological polar surface area (TPSA) is 71.8 Å². The molecule has 140 valence electrons. The monoisotopic (exact) mass is 366 g/mol. The van der Waals surface area contributed by atoms with Gasteiger partial charge in [0, 0.05) is 18.2 Å². The maximum absolute atomic E-state index is 12.6. The van der Waals surface area contributed by atoms with Crippen LogP contribution in [0.5, 0.6) is 5.75 Å². The number of methoxy groups -OCH3 is 1. The van der Waals surface area contributed by atoms with E-state index in [1.807, 2.05) is 43.3 Å². The van der Waals surface area contributed by atoms with Crippen LogP contribution in [0.3, 0.4) is 0 Å². The van der Waals surface area contributed by atoms with Gasteiger partial charge in [0.1, 0.15) is 11.3 Å². The number of para-hydroxylation sites is 2. The van der Waals surface area contributed by atoms with Crippen molar-refractivity contribution in [2.24, 2.45) is 0 Å². The third kappa shape index (κ3) is 4.01. The first kappa shape index (κ1) is 18.7. The minimum atomic E-state index is -0.431. The fourth-order valence-electron chi connectivity index (χ4n) is 3.00. The van der Waals surface area contributed by atoms with E-state index in [2.05, 4.69) is 5.32 Å². The van der Waals surface area contributed by atoms with E-state index in [9.17, 15) is 9.59 Å². The summed E-state index contributed by atoms with van der Waals surface area (Å²) in [6.45, 7) is 0.336. The highest BCUT2D eigenvalue weighted by molar-refractivity contribution is 5.93. The van der Waals surface area contributed by atoms with Crippen LogP contribution >= 0.6 is 0 Å². The summed E-state index contributed by atoms with van der Waals surface area (Å²) in [5.74, 6) is 0.318. The number of benzene rings is 2. The molecule has 1 N–H and O–H groups in total. The largest absolute Gasteiger partial charge is 0.496 e. The first-order valence-corrected chi connectivity index (χ1v) is 8.61. The lowest BCUT2D eigenvalue weighted by atomic mass is 10.0. The van der Waals surface area contributed by atoms with Gasteiger partial charge in [0.15, 0.2) is 11.2 Å². The van der Waals surface area contributed by atoms with Crippen molar-refractivity contribution in [1.29, 1.82) is 0 Å². The first-order chi connectivity index (χ1) is 13.0. The van der Waals surface area contributed by atoms with Crippen LogP contribution in [0.4, 0.5) is 0 Å². The average molecular weight is 366 g/mol. The van der Waals surface area contributed by atoms with Gasteiger partial charge in [0.2, 0.25) is 0 Å². The Labute approximate surface area is 157 Å². The number of rotatable bonds is 6. The van der Waals surface area contributed by atoms with Gasteiger partial charge in [-0.05, 0) is 32.3 Å². The average Bonchev–Trinajstić information content (AvgIpc) is 2.68. The molecule has 1 aromatic heterocycles. The van der Waals surface area contributed by atoms with Gasteiger partial charge in [-0.1, -0.05) is 30.3 Å². The molecule has 0 aliphatic carbocycles. The van der Waals surface area contributed by atoms with Crippen molar-refractivity contribution in [2.75, 3.05) is 27.7 Å². The molecule has 0 unspecified atom stereocenters. The fraction of sp³-hybridized carbons (Fsp3) is 0.238. The zero-order chi connectivity index (χ0) is 19.4. The number of hydrogen-bond acceptors (Lipinski definition) is 5. The normalized spacial score (nSPS) is 12.1. The summed E-state index contributed by atoms with van der Waals surface area (Å²) in [6, 6.07) is 15.7. The number of ether oxygens (including phenoxy) is 1. The summed E-state index contributed by atoms with van der Waals surface area (Å²) in [6.07, 6.45) is 0. The number of nitrogens with zero attached hydrogens (tertiary/aromatic N) is 1. The fourth-order valence-corrected chi connectivity index (χ4v) is 3.00. The highest BCUT2D eigenvalue weighted by Gasteiger charge is 2.20. The van der Waals surface area contributed by atoms with Crippen LogP contribution in [0.25, 0.3) is 11.0 Å². The second-order valence-electron chi connectivity index (χ2n) is 6.40. The van der Waals surface area contributed by atoms with Gasteiger partial charge in [-0.15, -0.1) is 0 Å². The molecule has 27 heavy (non-hydrogen) atoms. The summed E-state index contributed by atoms with van der Waals surface area (Å²) < 4.78 is 11.0. The maximum Gasteiger partial charge on any atom is 0.287 e. The highest BCUT2D eigenvalue weighted by atomic mass is 16.5. The second-order valence-corrected chi connectivity index (χ2v) is 6.40. The third-order valence-corrected chi connectivity index (χ3v) is 4.44. The number of likely N-dealkylation sites (N-methyl/N-ethyl adjacent to an activating group) is 1. The van der Waals surface area contributed by atoms with Crippen LogP contribution in [-0.2, 0) is 0 Å². The molecular formula is C21H22N2O4. The number of fused-ring (bicyclic) bond motifs is 1. The van der Waals surface area contributed by atoms with Crippen molar-refractivity contribution in [3.8, 4) is 5.75 Å². The van der Waals surface area contributed by atoms with Crippen LogP contribution in [0.1, 0.15) is 22.2 Å². The summed E-state index contributed by atoms with van der Waals surface area (Å²) in [5.41, 5.74) is 1.12. The summed E-state index contributed by atoms with van der Waals surface area (Å²) in [4.78, 5) is 26.7. The van der Waals surface area contributed by atoms with E-state index in [-0.39, 0.29) is 17.2 Å². The van der Waals surface area contributed by atoms with E-state index in [4.69, 9.17) is 9.15 Å². The molecule has 0 saturated heterocycles. The van der Waals surface area contributed by atoms with E-state index < -0.39 is 5.91 Å². The zero-order valence-corrected chi connectivity index (χ0v) is 15.6. The summed E-state index contributed by atoms with van der Waals surface area (Å²) in [7, 11) is 5.48. The van der Waals surface area contributed by atoms with Crippen molar-refractivity contribution in [2.45, 2.75) is 6.04 Å². The summed E-state index contributed by atoms with van der Waals surface area (Å²) in [5, 5.41) is 3.31. The van der Waals surface area contributed by atoms with Gasteiger partial charge in [-0.2, -0.15) is 0 Å². The number of hydrogen-bond donors (Lipinski definition) is 1. The van der Waals surface area contributed by atoms with E-state index >= 15 is 0 Å². The molecular weight excluding hydrogens is 344 g/mol. The van der Waals surface area contributed by atoms with E-state index in [1.54, 1.807) is 31.4 Å². The van der Waals surface area contributed by atoms with E-state index in [1.165, 1.54) is 6.07 Å². The Morgan fingerprint density at radius 3 is 2.59 bits per heavy atom. The Hall–Kier alpha value is -3.12. The van der Waals surface area contributed by atoms with Crippen LogP contribution in [-0.4, -0.2) is 38.6 Å². The van der Waals surface area contributed by atoms with Crippen molar-refractivity contribution in [3.05, 3.63) is 76.1 Å². The number of carbonyl (C=O) groups is 1. The van der Waals surface area contributed by atoms with Crippen molar-refractivity contribution in [1.82, 2.24) is 10.2 Å². The molecule has 1 amide bonds. The van der Waals surface area contributed by atoms with Gasteiger partial charge in [0.25, 0.3) is 5.91 Å². The van der Waals surface area contributed by atoms with Crippen molar-refractivity contribution in [3.63, 3.8) is 0 Å². The van der Waals surface area contributed by atoms with E-state index in [0.29, 0.717) is 17.5 Å². The predicted octanol–water partition coefficient (Wildman–Crippen LogP) is 2.83. The molecule has 0 aliphatic rings. The van der Waals surface area contributed by atoms with Gasteiger partial charge < -0.3 is 19.4 Å². The lowest BCUT2D eigenvalue weighted by Gasteiger charge is -2.26. The molecule has 0 fully saturated rings. The molecule has 0 spiro atoms. The van der Waals surface area contributed by atoms with Gasteiger partial charge in [-0.3, -0.25) is 9.59 Å². The lowest BCUT2D eigenvalue weighted by Crippen LogP contribution is -2.35. The Morgan fingerprint density at radius 2 is 1.85 bits per heavy atom. The number of nitrogens with one attached hydrogen (secondary N) is 1. The molecule has 1 heterocycles. The van der Waals surface area contributed by atoms with Crippen LogP contribution in [0.2, 0.25) is 0 Å². The Morgan fingerprint density at radius 1 is 1.15 bits per heavy atom. The quantitative estimate of drug-likeness (QED) is 0.726. The first-order valence-electron chi connectivity index (χ1n) is 8.61. The van der Waals surface area contributed by atoms with Gasteiger partial charge in [-0.25, -0.2) is 0 Å². The molecule has 0 radical (unpaired) electrons. The second kappa shape index (κ2) is 8.05. The SMILES string of the molecule is COc1ccccc1[C@@H](CNC(=O)c1cc(=O)c2ccccc2o1)N(C)C. The molecule has 2 aromatic carbocycles. The highest BCUT2D eigenvalue weighted by Crippen LogP contribution is 2.27. The Balaban J connectivity index is 1.82. The molecule has 1 atom stereocenters. The zero-order valence-electron chi connectivity index (χ0n) is 15.6. The third-order valence-electron chi connectivity index (χ3n) is 4.44. The Kier molecular flexibility index (Phi) is 5.57. The predicted molar refractivity (Wildman–Crippen MR) is 104 cm³/mol. The lowest BCUT2D eigenvalue weighted by molar-refractivity contribution is 0.0914. The minimum Gasteiger partial charge on any atom is -0.496 e. The summed E-state index contributed by atoms with van der Waals surface area (Å²) >= 11 is 0. The van der Waals surface area contributed by atoms with Crippen LogP contribution in [0.15, 0.2) is 63.8 Å². The molecule has 3 aromatic rings. The molecule has 3 rings (SSSR count). The smallest absolute Gasteiger partial charge is 0.287 e. The molecule has 0 aliphatic heterocycles. The number of carbonyl (C=O) groups excluding carboxylic acids is 1. The Bertz CT molecular complexity index is 1010. The van der Waals surface area contributed by atoms with Gasteiger partial charge >= 0.3 is 0 Å². The van der Waals surface area contributed by atoms with E-state index in [0.717, 1.165) is 11.3 Å². The molecule has 6 heteroatoms. The van der Waals surface area contributed by atoms with Crippen molar-refractivity contribution >= 4 is 16.9 Å².